The largest absolute Gasteiger partial charge is 0.382 e. The average Bonchev–Trinajstić information content (AvgIpc) is 2.32. The van der Waals surface area contributed by atoms with Crippen LogP contribution >= 0.6 is 0 Å². The lowest BCUT2D eigenvalue weighted by molar-refractivity contribution is 0.871. The zero-order valence-corrected chi connectivity index (χ0v) is 7.07. The van der Waals surface area contributed by atoms with Gasteiger partial charge in [0.1, 0.15) is 11.8 Å². The summed E-state index contributed by atoms with van der Waals surface area (Å²) in [4.78, 5) is 3.91. The molecule has 0 aliphatic carbocycles. The van der Waals surface area contributed by atoms with Gasteiger partial charge in [0.15, 0.2) is 5.82 Å². The van der Waals surface area contributed by atoms with E-state index in [1.165, 1.54) is 11.9 Å². The standard InChI is InChI=1S/C8H10N4/c1-5-3-7-8(9)10-4-11-12(7)6(5)2/h3-4H,1-2H3,(H2,9,10,11). The Morgan fingerprint density at radius 2 is 2.17 bits per heavy atom. The number of nitrogen functional groups attached to an aromatic ring is 1. The fourth-order valence-electron chi connectivity index (χ4n) is 1.26. The van der Waals surface area contributed by atoms with Crippen molar-refractivity contribution in [3.8, 4) is 0 Å². The quantitative estimate of drug-likeness (QED) is 0.627. The van der Waals surface area contributed by atoms with Crippen molar-refractivity contribution < 1.29 is 0 Å². The normalized spacial score (nSPS) is 10.8. The maximum Gasteiger partial charge on any atom is 0.151 e. The Bertz CT molecular complexity index is 430. The van der Waals surface area contributed by atoms with Crippen LogP contribution in [0.3, 0.4) is 0 Å². The van der Waals surface area contributed by atoms with Gasteiger partial charge < -0.3 is 5.73 Å². The Hall–Kier alpha value is -1.58. The van der Waals surface area contributed by atoms with Gasteiger partial charge in [-0.2, -0.15) is 5.10 Å². The number of hydrogen-bond acceptors (Lipinski definition) is 3. The van der Waals surface area contributed by atoms with Crippen molar-refractivity contribution in [1.82, 2.24) is 14.6 Å². The van der Waals surface area contributed by atoms with Crippen LogP contribution < -0.4 is 5.73 Å². The number of fused-ring (bicyclic) bond motifs is 1. The fraction of sp³-hybridized carbons (Fsp3) is 0.250. The third kappa shape index (κ3) is 0.777. The number of hydrogen-bond donors (Lipinski definition) is 1. The first-order chi connectivity index (χ1) is 5.70. The van der Waals surface area contributed by atoms with Gasteiger partial charge >= 0.3 is 0 Å². The topological polar surface area (TPSA) is 56.2 Å². The summed E-state index contributed by atoms with van der Waals surface area (Å²) in [6.45, 7) is 4.04. The Kier molecular flexibility index (Phi) is 1.30. The maximum atomic E-state index is 5.67. The minimum absolute atomic E-state index is 0.529. The van der Waals surface area contributed by atoms with Crippen LogP contribution in [0, 0.1) is 13.8 Å². The highest BCUT2D eigenvalue weighted by atomic mass is 15.2. The van der Waals surface area contributed by atoms with Crippen molar-refractivity contribution in [1.29, 1.82) is 0 Å². The van der Waals surface area contributed by atoms with Gasteiger partial charge in [-0.3, -0.25) is 0 Å². The predicted octanol–water partition coefficient (Wildman–Crippen LogP) is 0.928. The third-order valence-corrected chi connectivity index (χ3v) is 2.10. The van der Waals surface area contributed by atoms with Gasteiger partial charge in [-0.15, -0.1) is 0 Å². The van der Waals surface area contributed by atoms with Crippen molar-refractivity contribution in [3.05, 3.63) is 23.7 Å². The van der Waals surface area contributed by atoms with E-state index in [0.29, 0.717) is 5.82 Å². The lowest BCUT2D eigenvalue weighted by atomic mass is 10.3. The fourth-order valence-corrected chi connectivity index (χ4v) is 1.26. The van der Waals surface area contributed by atoms with Crippen LogP contribution in [-0.2, 0) is 0 Å². The average molecular weight is 162 g/mol. The van der Waals surface area contributed by atoms with E-state index in [9.17, 15) is 0 Å². The molecule has 0 spiro atoms. The Morgan fingerprint density at radius 3 is 2.83 bits per heavy atom. The first-order valence-corrected chi connectivity index (χ1v) is 3.75. The van der Waals surface area contributed by atoms with Gasteiger partial charge in [-0.05, 0) is 25.5 Å². The second-order valence-electron chi connectivity index (χ2n) is 2.86. The van der Waals surface area contributed by atoms with Gasteiger partial charge in [-0.25, -0.2) is 9.50 Å². The first-order valence-electron chi connectivity index (χ1n) is 3.75. The number of nitrogens with two attached hydrogens (primary N) is 1. The second kappa shape index (κ2) is 2.20. The van der Waals surface area contributed by atoms with E-state index in [4.69, 9.17) is 5.73 Å². The Morgan fingerprint density at radius 1 is 1.42 bits per heavy atom. The van der Waals surface area contributed by atoms with Crippen molar-refractivity contribution in [2.75, 3.05) is 5.73 Å². The molecular weight excluding hydrogens is 152 g/mol. The molecule has 2 aromatic rings. The van der Waals surface area contributed by atoms with E-state index >= 15 is 0 Å². The van der Waals surface area contributed by atoms with Crippen molar-refractivity contribution in [2.24, 2.45) is 0 Å². The molecule has 0 saturated heterocycles. The third-order valence-electron chi connectivity index (χ3n) is 2.10. The molecule has 2 heterocycles. The van der Waals surface area contributed by atoms with Gasteiger partial charge in [0.05, 0.1) is 0 Å². The minimum Gasteiger partial charge on any atom is -0.382 e. The second-order valence-corrected chi connectivity index (χ2v) is 2.86. The van der Waals surface area contributed by atoms with E-state index < -0.39 is 0 Å². The molecule has 0 aliphatic heterocycles. The summed E-state index contributed by atoms with van der Waals surface area (Å²) in [6, 6.07) is 1.99. The molecule has 0 atom stereocenters. The van der Waals surface area contributed by atoms with E-state index in [0.717, 1.165) is 11.2 Å². The van der Waals surface area contributed by atoms with Crippen LogP contribution in [0.2, 0.25) is 0 Å². The van der Waals surface area contributed by atoms with Gasteiger partial charge in [-0.1, -0.05) is 0 Å². The Balaban J connectivity index is 2.95. The summed E-state index contributed by atoms with van der Waals surface area (Å²) in [6.07, 6.45) is 1.47. The molecule has 2 rings (SSSR count). The van der Waals surface area contributed by atoms with Crippen molar-refractivity contribution in [2.45, 2.75) is 13.8 Å². The molecule has 0 radical (unpaired) electrons. The number of anilines is 1. The van der Waals surface area contributed by atoms with E-state index in [1.54, 1.807) is 4.52 Å². The number of nitrogens with zero attached hydrogens (tertiary/aromatic N) is 3. The zero-order valence-electron chi connectivity index (χ0n) is 7.07. The summed E-state index contributed by atoms with van der Waals surface area (Å²) in [5, 5.41) is 4.09. The molecule has 0 saturated carbocycles. The molecule has 4 heteroatoms. The smallest absolute Gasteiger partial charge is 0.151 e. The highest BCUT2D eigenvalue weighted by molar-refractivity contribution is 5.66. The van der Waals surface area contributed by atoms with Gasteiger partial charge in [0.2, 0.25) is 0 Å². The molecule has 2 aromatic heterocycles. The molecule has 0 unspecified atom stereocenters. The van der Waals surface area contributed by atoms with Crippen molar-refractivity contribution >= 4 is 11.3 Å². The lowest BCUT2D eigenvalue weighted by Gasteiger charge is -1.97. The van der Waals surface area contributed by atoms with E-state index in [-0.39, 0.29) is 0 Å². The highest BCUT2D eigenvalue weighted by Crippen LogP contribution is 2.16. The molecule has 4 nitrogen and oxygen atoms in total. The SMILES string of the molecule is Cc1cc2c(N)ncnn2c1C. The molecular formula is C8H10N4. The summed E-state index contributed by atoms with van der Waals surface area (Å²) in [7, 11) is 0. The first kappa shape index (κ1) is 7.09. The molecule has 12 heavy (non-hydrogen) atoms. The van der Waals surface area contributed by atoms with E-state index in [1.807, 2.05) is 19.9 Å². The minimum atomic E-state index is 0.529. The maximum absolute atomic E-state index is 5.67. The van der Waals surface area contributed by atoms with Crippen LogP contribution in [0.1, 0.15) is 11.3 Å². The summed E-state index contributed by atoms with van der Waals surface area (Å²) < 4.78 is 1.80. The van der Waals surface area contributed by atoms with Crippen molar-refractivity contribution in [3.63, 3.8) is 0 Å². The molecule has 0 amide bonds. The zero-order chi connectivity index (χ0) is 8.72. The lowest BCUT2D eigenvalue weighted by Crippen LogP contribution is -1.99. The van der Waals surface area contributed by atoms with Gasteiger partial charge in [0.25, 0.3) is 0 Å². The number of rotatable bonds is 0. The summed E-state index contributed by atoms with van der Waals surface area (Å²) in [5.74, 6) is 0.529. The van der Waals surface area contributed by atoms with Crippen LogP contribution in [0.25, 0.3) is 5.52 Å². The molecule has 2 N–H and O–H groups in total. The predicted molar refractivity (Wildman–Crippen MR) is 46.9 cm³/mol. The molecule has 0 fully saturated rings. The van der Waals surface area contributed by atoms with Crippen LogP contribution in [0.5, 0.6) is 0 Å². The number of aryl methyl sites for hydroxylation is 2. The van der Waals surface area contributed by atoms with Crippen LogP contribution in [-0.4, -0.2) is 14.6 Å². The molecule has 0 bridgehead atoms. The van der Waals surface area contributed by atoms with Gasteiger partial charge in [0, 0.05) is 5.69 Å². The van der Waals surface area contributed by atoms with Crippen LogP contribution in [0.4, 0.5) is 5.82 Å². The molecule has 0 aromatic carbocycles. The number of aromatic nitrogens is 3. The molecule has 62 valence electrons. The monoisotopic (exact) mass is 162 g/mol. The summed E-state index contributed by atoms with van der Waals surface area (Å²) in [5.41, 5.74) is 8.84. The Labute approximate surface area is 70.0 Å². The van der Waals surface area contributed by atoms with E-state index in [2.05, 4.69) is 10.1 Å². The summed E-state index contributed by atoms with van der Waals surface area (Å²) >= 11 is 0. The highest BCUT2D eigenvalue weighted by Gasteiger charge is 2.05. The van der Waals surface area contributed by atoms with Crippen LogP contribution in [0.15, 0.2) is 12.4 Å². The molecule has 0 aliphatic rings.